The molecule has 0 unspecified atom stereocenters. The fourth-order valence-corrected chi connectivity index (χ4v) is 2.46. The molecule has 2 rings (SSSR count). The fourth-order valence-electron chi connectivity index (χ4n) is 1.81. The number of rotatable bonds is 3. The first-order valence-corrected chi connectivity index (χ1v) is 5.51. The van der Waals surface area contributed by atoms with E-state index >= 15 is 0 Å². The Labute approximate surface area is 82.0 Å². The van der Waals surface area contributed by atoms with Gasteiger partial charge in [0.05, 0.1) is 13.2 Å². The van der Waals surface area contributed by atoms with Crippen LogP contribution in [-0.2, 0) is 6.54 Å². The summed E-state index contributed by atoms with van der Waals surface area (Å²) in [6.45, 7) is 2.29. The predicted molar refractivity (Wildman–Crippen MR) is 52.6 cm³/mol. The summed E-state index contributed by atoms with van der Waals surface area (Å²) in [5.41, 5.74) is 0. The van der Waals surface area contributed by atoms with Crippen molar-refractivity contribution in [2.24, 2.45) is 0 Å². The highest BCUT2D eigenvalue weighted by molar-refractivity contribution is 7.09. The smallest absolute Gasteiger partial charge is 0.107 e. The van der Waals surface area contributed by atoms with Crippen molar-refractivity contribution in [3.63, 3.8) is 0 Å². The minimum atomic E-state index is 0.283. The molecule has 13 heavy (non-hydrogen) atoms. The molecule has 1 saturated heterocycles. The summed E-state index contributed by atoms with van der Waals surface area (Å²) < 4.78 is 0. The van der Waals surface area contributed by atoms with Crippen LogP contribution in [0, 0.1) is 0 Å². The van der Waals surface area contributed by atoms with Gasteiger partial charge in [0.1, 0.15) is 5.01 Å². The minimum Gasteiger partial charge on any atom is -0.395 e. The lowest BCUT2D eigenvalue weighted by molar-refractivity contribution is 0.153. The van der Waals surface area contributed by atoms with Gasteiger partial charge >= 0.3 is 0 Å². The summed E-state index contributed by atoms with van der Waals surface area (Å²) in [6.07, 6.45) is 4.17. The van der Waals surface area contributed by atoms with Crippen LogP contribution < -0.4 is 0 Å². The second-order valence-electron chi connectivity index (χ2n) is 3.37. The van der Waals surface area contributed by atoms with Crippen LogP contribution in [0.2, 0.25) is 0 Å². The molecule has 0 bridgehead atoms. The third kappa shape index (κ3) is 2.07. The number of aliphatic hydroxyl groups is 1. The molecule has 72 valence electrons. The van der Waals surface area contributed by atoms with Crippen molar-refractivity contribution in [3.8, 4) is 0 Å². The van der Waals surface area contributed by atoms with Crippen molar-refractivity contribution < 1.29 is 5.11 Å². The molecule has 0 spiro atoms. The van der Waals surface area contributed by atoms with Crippen LogP contribution in [0.25, 0.3) is 0 Å². The van der Waals surface area contributed by atoms with Crippen LogP contribution in [0.15, 0.2) is 11.6 Å². The number of hydrogen-bond acceptors (Lipinski definition) is 4. The lowest BCUT2D eigenvalue weighted by Gasteiger charge is -2.20. The quantitative estimate of drug-likeness (QED) is 0.790. The van der Waals surface area contributed by atoms with Crippen molar-refractivity contribution in [1.29, 1.82) is 0 Å². The van der Waals surface area contributed by atoms with Crippen LogP contribution in [0.5, 0.6) is 0 Å². The highest BCUT2D eigenvalue weighted by Crippen LogP contribution is 2.20. The van der Waals surface area contributed by atoms with E-state index in [1.54, 1.807) is 11.3 Å². The third-order valence-corrected chi connectivity index (χ3v) is 3.30. The van der Waals surface area contributed by atoms with Crippen molar-refractivity contribution in [1.82, 2.24) is 9.88 Å². The van der Waals surface area contributed by atoms with E-state index in [2.05, 4.69) is 9.88 Å². The SMILES string of the molecule is OC[C@H]1CCCN1Cc1nccs1. The average molecular weight is 198 g/mol. The Hall–Kier alpha value is -0.450. The van der Waals surface area contributed by atoms with Crippen LogP contribution in [0.4, 0.5) is 0 Å². The van der Waals surface area contributed by atoms with Gasteiger partial charge in [0, 0.05) is 17.6 Å². The van der Waals surface area contributed by atoms with E-state index in [0.717, 1.165) is 24.5 Å². The molecule has 1 aromatic heterocycles. The molecular weight excluding hydrogens is 184 g/mol. The topological polar surface area (TPSA) is 36.4 Å². The molecule has 0 radical (unpaired) electrons. The van der Waals surface area contributed by atoms with Gasteiger partial charge in [0.15, 0.2) is 0 Å². The molecule has 3 nitrogen and oxygen atoms in total. The zero-order valence-corrected chi connectivity index (χ0v) is 8.33. The number of nitrogens with zero attached hydrogens (tertiary/aromatic N) is 2. The normalized spacial score (nSPS) is 23.9. The number of hydrogen-bond donors (Lipinski definition) is 1. The summed E-state index contributed by atoms with van der Waals surface area (Å²) in [6, 6.07) is 0.365. The van der Waals surface area contributed by atoms with Crippen molar-refractivity contribution in [3.05, 3.63) is 16.6 Å². The van der Waals surface area contributed by atoms with E-state index < -0.39 is 0 Å². The molecule has 1 aromatic rings. The molecule has 1 fully saturated rings. The van der Waals surface area contributed by atoms with Crippen LogP contribution in [0.3, 0.4) is 0 Å². The molecule has 2 heterocycles. The number of thiazole rings is 1. The Morgan fingerprint density at radius 1 is 1.69 bits per heavy atom. The maximum Gasteiger partial charge on any atom is 0.107 e. The van der Waals surface area contributed by atoms with Gasteiger partial charge in [-0.2, -0.15) is 0 Å². The lowest BCUT2D eigenvalue weighted by atomic mass is 10.2. The molecule has 0 amide bonds. The van der Waals surface area contributed by atoms with E-state index in [-0.39, 0.29) is 6.61 Å². The predicted octanol–water partition coefficient (Wildman–Crippen LogP) is 1.10. The third-order valence-electron chi connectivity index (χ3n) is 2.53. The lowest BCUT2D eigenvalue weighted by Crippen LogP contribution is -2.31. The maximum atomic E-state index is 9.11. The number of likely N-dealkylation sites (tertiary alicyclic amines) is 1. The second-order valence-corrected chi connectivity index (χ2v) is 4.35. The Kier molecular flexibility index (Phi) is 2.93. The molecule has 1 aliphatic rings. The van der Waals surface area contributed by atoms with E-state index in [0.29, 0.717) is 6.04 Å². The summed E-state index contributed by atoms with van der Waals surface area (Å²) >= 11 is 1.69. The molecule has 0 aliphatic carbocycles. The molecule has 1 aliphatic heterocycles. The average Bonchev–Trinajstić information content (AvgIpc) is 2.76. The van der Waals surface area contributed by atoms with Crippen molar-refractivity contribution in [2.75, 3.05) is 13.2 Å². The Morgan fingerprint density at radius 2 is 2.62 bits per heavy atom. The monoisotopic (exact) mass is 198 g/mol. The number of aromatic nitrogens is 1. The van der Waals surface area contributed by atoms with E-state index in [1.165, 1.54) is 6.42 Å². The molecule has 0 saturated carbocycles. The zero-order chi connectivity index (χ0) is 9.10. The van der Waals surface area contributed by atoms with Crippen LogP contribution in [0.1, 0.15) is 17.8 Å². The first kappa shape index (κ1) is 9.12. The molecule has 1 atom stereocenters. The van der Waals surface area contributed by atoms with Gasteiger partial charge < -0.3 is 5.11 Å². The van der Waals surface area contributed by atoms with Gasteiger partial charge in [-0.15, -0.1) is 11.3 Å². The summed E-state index contributed by atoms with van der Waals surface area (Å²) in [4.78, 5) is 6.56. The van der Waals surface area contributed by atoms with Gasteiger partial charge in [-0.05, 0) is 19.4 Å². The van der Waals surface area contributed by atoms with Gasteiger partial charge in [0.2, 0.25) is 0 Å². The highest BCUT2D eigenvalue weighted by Gasteiger charge is 2.23. The first-order chi connectivity index (χ1) is 6.40. The van der Waals surface area contributed by atoms with E-state index in [4.69, 9.17) is 5.11 Å². The first-order valence-electron chi connectivity index (χ1n) is 4.63. The standard InChI is InChI=1S/C9H14N2OS/c12-7-8-2-1-4-11(8)6-9-10-3-5-13-9/h3,5,8,12H,1-2,4,6-7H2/t8-/m1/s1. The summed E-state index contributed by atoms with van der Waals surface area (Å²) in [5.74, 6) is 0. The van der Waals surface area contributed by atoms with Crippen LogP contribution in [-0.4, -0.2) is 34.2 Å². The van der Waals surface area contributed by atoms with Crippen LogP contribution >= 0.6 is 11.3 Å². The molecule has 0 aromatic carbocycles. The largest absolute Gasteiger partial charge is 0.395 e. The molecular formula is C9H14N2OS. The number of aliphatic hydroxyl groups excluding tert-OH is 1. The summed E-state index contributed by atoms with van der Waals surface area (Å²) in [5, 5.41) is 12.3. The maximum absolute atomic E-state index is 9.11. The second kappa shape index (κ2) is 4.17. The Balaban J connectivity index is 1.94. The summed E-state index contributed by atoms with van der Waals surface area (Å²) in [7, 11) is 0. The van der Waals surface area contributed by atoms with Gasteiger partial charge in [-0.3, -0.25) is 4.90 Å². The Morgan fingerprint density at radius 3 is 3.31 bits per heavy atom. The minimum absolute atomic E-state index is 0.283. The van der Waals surface area contributed by atoms with Gasteiger partial charge in [0.25, 0.3) is 0 Å². The fraction of sp³-hybridized carbons (Fsp3) is 0.667. The molecule has 1 N–H and O–H groups in total. The van der Waals surface area contributed by atoms with E-state index in [1.807, 2.05) is 11.6 Å². The van der Waals surface area contributed by atoms with E-state index in [9.17, 15) is 0 Å². The van der Waals surface area contributed by atoms with Gasteiger partial charge in [-0.1, -0.05) is 0 Å². The highest BCUT2D eigenvalue weighted by atomic mass is 32.1. The van der Waals surface area contributed by atoms with Crippen molar-refractivity contribution >= 4 is 11.3 Å². The Bertz CT molecular complexity index is 250. The van der Waals surface area contributed by atoms with Gasteiger partial charge in [-0.25, -0.2) is 4.98 Å². The molecule has 4 heteroatoms. The zero-order valence-electron chi connectivity index (χ0n) is 7.52. The van der Waals surface area contributed by atoms with Crippen molar-refractivity contribution in [2.45, 2.75) is 25.4 Å².